The average Bonchev–Trinajstić information content (AvgIpc) is 2.80. The lowest BCUT2D eigenvalue weighted by molar-refractivity contribution is 0.281. The van der Waals surface area contributed by atoms with Crippen LogP contribution in [0.4, 0.5) is 4.39 Å². The first-order valence-electron chi connectivity index (χ1n) is 5.81. The van der Waals surface area contributed by atoms with E-state index in [0.717, 1.165) is 11.7 Å². The maximum Gasteiger partial charge on any atom is 0.137 e. The molecule has 0 amide bonds. The summed E-state index contributed by atoms with van der Waals surface area (Å²) in [6.07, 6.45) is 5.25. The topological polar surface area (TPSA) is 20.2 Å². The highest BCUT2D eigenvalue weighted by Gasteiger charge is 2.15. The fraction of sp³-hybridized carbons (Fsp3) is 0.538. The van der Waals surface area contributed by atoms with Crippen molar-refractivity contribution >= 4 is 11.8 Å². The molecule has 1 aliphatic rings. The van der Waals surface area contributed by atoms with Crippen LogP contribution in [-0.2, 0) is 6.61 Å². The van der Waals surface area contributed by atoms with Crippen LogP contribution in [-0.4, -0.2) is 10.9 Å². The first-order valence-corrected chi connectivity index (χ1v) is 6.80. The normalized spacial score (nSPS) is 16.9. The van der Waals surface area contributed by atoms with Gasteiger partial charge in [0.15, 0.2) is 0 Å². The van der Waals surface area contributed by atoms with Crippen LogP contribution >= 0.6 is 11.8 Å². The molecule has 1 saturated carbocycles. The summed E-state index contributed by atoms with van der Waals surface area (Å²) in [5, 5.41) is 8.88. The van der Waals surface area contributed by atoms with E-state index in [9.17, 15) is 4.39 Å². The molecule has 16 heavy (non-hydrogen) atoms. The van der Waals surface area contributed by atoms with Crippen LogP contribution in [0.3, 0.4) is 0 Å². The smallest absolute Gasteiger partial charge is 0.137 e. The largest absolute Gasteiger partial charge is 0.392 e. The van der Waals surface area contributed by atoms with Gasteiger partial charge in [0.2, 0.25) is 0 Å². The Labute approximate surface area is 100 Å². The molecule has 2 rings (SSSR count). The molecule has 0 spiro atoms. The maximum atomic E-state index is 13.6. The maximum absolute atomic E-state index is 13.6. The minimum Gasteiger partial charge on any atom is -0.392 e. The molecule has 0 aliphatic heterocycles. The van der Waals surface area contributed by atoms with Gasteiger partial charge < -0.3 is 5.11 Å². The highest BCUT2D eigenvalue weighted by Crippen LogP contribution is 2.32. The van der Waals surface area contributed by atoms with Crippen molar-refractivity contribution in [1.29, 1.82) is 0 Å². The Morgan fingerprint density at radius 2 is 2.06 bits per heavy atom. The predicted molar refractivity (Wildman–Crippen MR) is 65.0 cm³/mol. The van der Waals surface area contributed by atoms with Crippen LogP contribution in [0.15, 0.2) is 23.1 Å². The number of rotatable bonds is 4. The molecule has 0 unspecified atom stereocenters. The molecule has 0 aromatic heterocycles. The second kappa shape index (κ2) is 5.69. The van der Waals surface area contributed by atoms with E-state index in [1.807, 2.05) is 0 Å². The van der Waals surface area contributed by atoms with Gasteiger partial charge in [-0.2, -0.15) is 0 Å². The molecule has 0 bridgehead atoms. The molecule has 88 valence electrons. The summed E-state index contributed by atoms with van der Waals surface area (Å²) in [6, 6.07) is 5.00. The van der Waals surface area contributed by atoms with E-state index in [1.165, 1.54) is 31.7 Å². The summed E-state index contributed by atoms with van der Waals surface area (Å²) >= 11 is 1.61. The molecular weight excluding hydrogens is 223 g/mol. The molecule has 1 fully saturated rings. The first kappa shape index (κ1) is 11.9. The van der Waals surface area contributed by atoms with E-state index >= 15 is 0 Å². The predicted octanol–water partition coefficient (Wildman–Crippen LogP) is 3.60. The number of halogens is 1. The lowest BCUT2D eigenvalue weighted by Crippen LogP contribution is -1.97. The lowest BCUT2D eigenvalue weighted by atomic mass is 10.1. The molecule has 0 heterocycles. The van der Waals surface area contributed by atoms with Crippen LogP contribution in [0.2, 0.25) is 0 Å². The van der Waals surface area contributed by atoms with E-state index in [0.29, 0.717) is 10.5 Å². The van der Waals surface area contributed by atoms with Gasteiger partial charge in [-0.1, -0.05) is 18.9 Å². The van der Waals surface area contributed by atoms with Crippen molar-refractivity contribution in [1.82, 2.24) is 0 Å². The molecule has 0 atom stereocenters. The Bertz CT molecular complexity index is 348. The number of benzene rings is 1. The third kappa shape index (κ3) is 2.98. The molecule has 1 nitrogen and oxygen atoms in total. The first-order chi connectivity index (χ1) is 7.79. The van der Waals surface area contributed by atoms with Gasteiger partial charge in [-0.25, -0.2) is 4.39 Å². The fourth-order valence-electron chi connectivity index (χ4n) is 2.14. The highest BCUT2D eigenvalue weighted by atomic mass is 32.2. The van der Waals surface area contributed by atoms with Crippen molar-refractivity contribution < 1.29 is 9.50 Å². The van der Waals surface area contributed by atoms with E-state index in [-0.39, 0.29) is 12.4 Å². The molecule has 0 radical (unpaired) electrons. The summed E-state index contributed by atoms with van der Waals surface area (Å²) in [5.41, 5.74) is 0.641. The minimum atomic E-state index is -0.199. The number of aliphatic hydroxyl groups excluding tert-OH is 1. The van der Waals surface area contributed by atoms with Crippen molar-refractivity contribution in [3.8, 4) is 0 Å². The van der Waals surface area contributed by atoms with Crippen LogP contribution < -0.4 is 0 Å². The second-order valence-corrected chi connectivity index (χ2v) is 5.45. The highest BCUT2D eigenvalue weighted by molar-refractivity contribution is 7.99. The quantitative estimate of drug-likeness (QED) is 0.811. The Hall–Kier alpha value is -0.540. The molecule has 1 aromatic carbocycles. The van der Waals surface area contributed by atoms with E-state index in [1.54, 1.807) is 23.9 Å². The SMILES string of the molecule is OCc1ccc(SCC2CCCC2)c(F)c1. The van der Waals surface area contributed by atoms with Gasteiger partial charge >= 0.3 is 0 Å². The Morgan fingerprint density at radius 1 is 1.31 bits per heavy atom. The van der Waals surface area contributed by atoms with Gasteiger partial charge in [0.25, 0.3) is 0 Å². The molecule has 0 saturated heterocycles. The van der Waals surface area contributed by atoms with E-state index in [4.69, 9.17) is 5.11 Å². The zero-order chi connectivity index (χ0) is 11.4. The van der Waals surface area contributed by atoms with Crippen LogP contribution in [0.25, 0.3) is 0 Å². The van der Waals surface area contributed by atoms with E-state index in [2.05, 4.69) is 0 Å². The van der Waals surface area contributed by atoms with Crippen molar-refractivity contribution in [2.75, 3.05) is 5.75 Å². The molecule has 1 aromatic rings. The Kier molecular flexibility index (Phi) is 4.24. The molecule has 1 N–H and O–H groups in total. The standard InChI is InChI=1S/C13H17FOS/c14-12-7-11(8-15)5-6-13(12)16-9-10-3-1-2-4-10/h5-7,10,15H,1-4,8-9H2. The van der Waals surface area contributed by atoms with Crippen LogP contribution in [0.1, 0.15) is 31.2 Å². The Morgan fingerprint density at radius 3 is 2.69 bits per heavy atom. The summed E-state index contributed by atoms with van der Waals surface area (Å²) in [7, 11) is 0. The lowest BCUT2D eigenvalue weighted by Gasteiger charge is -2.09. The zero-order valence-electron chi connectivity index (χ0n) is 9.29. The van der Waals surface area contributed by atoms with Crippen molar-refractivity contribution in [2.24, 2.45) is 5.92 Å². The van der Waals surface area contributed by atoms with Crippen molar-refractivity contribution in [3.63, 3.8) is 0 Å². The van der Waals surface area contributed by atoms with Gasteiger partial charge in [0, 0.05) is 10.6 Å². The molecule has 1 aliphatic carbocycles. The van der Waals surface area contributed by atoms with Gasteiger partial charge in [0.1, 0.15) is 5.82 Å². The van der Waals surface area contributed by atoms with Crippen molar-refractivity contribution in [3.05, 3.63) is 29.6 Å². The second-order valence-electron chi connectivity index (χ2n) is 4.38. The van der Waals surface area contributed by atoms with Gasteiger partial charge in [-0.05, 0) is 36.5 Å². The summed E-state index contributed by atoms with van der Waals surface area (Å²) in [4.78, 5) is 0.712. The minimum absolute atomic E-state index is 0.0928. The number of hydrogen-bond donors (Lipinski definition) is 1. The van der Waals surface area contributed by atoms with Gasteiger partial charge in [0.05, 0.1) is 6.61 Å². The van der Waals surface area contributed by atoms with Gasteiger partial charge in [-0.3, -0.25) is 0 Å². The van der Waals surface area contributed by atoms with Crippen molar-refractivity contribution in [2.45, 2.75) is 37.2 Å². The zero-order valence-corrected chi connectivity index (χ0v) is 10.1. The van der Waals surface area contributed by atoms with Gasteiger partial charge in [-0.15, -0.1) is 11.8 Å². The summed E-state index contributed by atoms with van der Waals surface area (Å²) in [5.74, 6) is 1.59. The van der Waals surface area contributed by atoms with E-state index < -0.39 is 0 Å². The summed E-state index contributed by atoms with van der Waals surface area (Å²) < 4.78 is 13.6. The third-order valence-corrected chi connectivity index (χ3v) is 4.41. The van der Waals surface area contributed by atoms with Crippen LogP contribution in [0, 0.1) is 11.7 Å². The number of hydrogen-bond acceptors (Lipinski definition) is 2. The molecule has 3 heteroatoms. The number of thioether (sulfide) groups is 1. The molecular formula is C13H17FOS. The number of aliphatic hydroxyl groups is 1. The monoisotopic (exact) mass is 240 g/mol. The fourth-order valence-corrected chi connectivity index (χ4v) is 3.25. The third-order valence-electron chi connectivity index (χ3n) is 3.13. The summed E-state index contributed by atoms with van der Waals surface area (Å²) in [6.45, 7) is -0.0928. The average molecular weight is 240 g/mol. The Balaban J connectivity index is 1.93. The van der Waals surface area contributed by atoms with Crippen LogP contribution in [0.5, 0.6) is 0 Å².